The molecule has 0 bridgehead atoms. The van der Waals surface area contributed by atoms with E-state index in [-0.39, 0.29) is 64.5 Å². The zero-order valence-corrected chi connectivity index (χ0v) is 46.8. The number of hydrogen-bond acceptors (Lipinski definition) is 11. The number of ether oxygens (including phenoxy) is 3. The number of aliphatic hydroxyl groups is 1. The van der Waals surface area contributed by atoms with Crippen LogP contribution < -0.4 is 0 Å². The average molecular weight is 1030 g/mol. The van der Waals surface area contributed by atoms with Crippen LogP contribution in [0, 0.1) is 11.8 Å². The Kier molecular flexibility index (Phi) is 23.3. The summed E-state index contributed by atoms with van der Waals surface area (Å²) >= 11 is 0. The molecule has 0 radical (unpaired) electrons. The summed E-state index contributed by atoms with van der Waals surface area (Å²) in [7, 11) is 0.305. The van der Waals surface area contributed by atoms with Crippen molar-refractivity contribution in [2.75, 3.05) is 19.5 Å². The first-order valence-electron chi connectivity index (χ1n) is 23.6. The van der Waals surface area contributed by atoms with Gasteiger partial charge in [-0.3, -0.25) is 4.18 Å². The highest BCUT2D eigenvalue weighted by Gasteiger charge is 2.48. The van der Waals surface area contributed by atoms with Gasteiger partial charge in [0.2, 0.25) is 0 Å². The van der Waals surface area contributed by atoms with Crippen LogP contribution in [-0.4, -0.2) is 90.2 Å². The number of hydrogen-bond donors (Lipinski definition) is 1. The van der Waals surface area contributed by atoms with Crippen molar-refractivity contribution in [2.24, 2.45) is 11.8 Å². The molecule has 2 aromatic rings. The van der Waals surface area contributed by atoms with E-state index in [2.05, 4.69) is 54.3 Å². The van der Waals surface area contributed by atoms with E-state index in [4.69, 9.17) is 27.4 Å². The second-order valence-electron chi connectivity index (χ2n) is 19.2. The third kappa shape index (κ3) is 16.1. The third-order valence-corrected chi connectivity index (χ3v) is 18.0. The first-order chi connectivity index (χ1) is 31.0. The van der Waals surface area contributed by atoms with Gasteiger partial charge in [0.25, 0.3) is 10.1 Å². The first kappa shape index (κ1) is 57.8. The predicted octanol–water partition coefficient (Wildman–Crippen LogP) is 11.6. The van der Waals surface area contributed by atoms with E-state index in [0.717, 1.165) is 47.9 Å². The van der Waals surface area contributed by atoms with E-state index in [9.17, 15) is 21.9 Å². The summed E-state index contributed by atoms with van der Waals surface area (Å²) in [5.74, 6) is -1.22. The third-order valence-electron chi connectivity index (χ3n) is 13.2. The molecule has 5 unspecified atom stereocenters. The topological polar surface area (TPSA) is 144 Å². The minimum absolute atomic E-state index is 0.0114. The second kappa shape index (κ2) is 26.6. The van der Waals surface area contributed by atoms with Crippen LogP contribution in [0.1, 0.15) is 148 Å². The molecule has 0 spiro atoms. The van der Waals surface area contributed by atoms with Gasteiger partial charge >= 0.3 is 0 Å². The number of benzene rings is 2. The highest BCUT2D eigenvalue weighted by molar-refractivity contribution is 8.41. The van der Waals surface area contributed by atoms with Crippen LogP contribution in [-0.2, 0) is 47.4 Å². The maximum Gasteiger partial charge on any atom is 0.297 e. The molecule has 2 aliphatic rings. The summed E-state index contributed by atoms with van der Waals surface area (Å²) in [5, 5.41) is 12.0. The molecule has 17 heteroatoms. The number of methoxy groups -OCH3 is 1. The minimum Gasteiger partial charge on any atom is -0.389 e. The minimum atomic E-state index is -4.31. The van der Waals surface area contributed by atoms with Crippen molar-refractivity contribution in [3.05, 3.63) is 83.5 Å². The molecule has 374 valence electrons. The van der Waals surface area contributed by atoms with Crippen molar-refractivity contribution >= 4 is 54.8 Å². The standard InChI is InChI=1S/C49H80O11P4S2/c1-12-37(59-64(62)63)27-47-48(55-11)43(29-65(51,52)40-18-14-13-15-19-40)46(58-47)28-44(50)35(10)33(8)23-39(20-21-45-34(9)24-38(57-45)17-16-22-56-61)60-66(53,54)49-41(31(4)5)25-36(30(2)3)26-42(49)32(6)7/h13-15,18-19,25-26,30-33,37-39,43-48,50H,9-10,12,16-17,20-24,27-29,61-63H2,1-8,11H3/t33-,37-,38+,39-,43+,44-,45?,46?,47-,48-/m1/s1. The van der Waals surface area contributed by atoms with Crippen LogP contribution in [0.4, 0.5) is 0 Å². The van der Waals surface area contributed by atoms with Crippen molar-refractivity contribution < 1.29 is 49.4 Å². The van der Waals surface area contributed by atoms with Crippen molar-refractivity contribution in [3.63, 3.8) is 0 Å². The summed E-state index contributed by atoms with van der Waals surface area (Å²) in [5.41, 5.74) is 3.99. The molecule has 66 heavy (non-hydrogen) atoms. The molecule has 2 heterocycles. The summed E-state index contributed by atoms with van der Waals surface area (Å²) in [4.78, 5) is 0.434. The van der Waals surface area contributed by atoms with E-state index in [1.54, 1.807) is 37.4 Å². The Morgan fingerprint density at radius 2 is 1.55 bits per heavy atom. The van der Waals surface area contributed by atoms with Gasteiger partial charge in [-0.15, -0.1) is 0 Å². The fraction of sp³-hybridized carbons (Fsp3) is 0.673. The Balaban J connectivity index is 1.64. The second-order valence-corrected chi connectivity index (χ2v) is 28.9. The van der Waals surface area contributed by atoms with E-state index < -0.39 is 69.8 Å². The van der Waals surface area contributed by atoms with Crippen LogP contribution in [0.2, 0.25) is 0 Å². The van der Waals surface area contributed by atoms with E-state index in [1.807, 2.05) is 53.7 Å². The zero-order chi connectivity index (χ0) is 49.1. The molecule has 0 aromatic heterocycles. The fourth-order valence-corrected chi connectivity index (χ4v) is 14.6. The first-order valence-corrected chi connectivity index (χ1v) is 31.6. The Bertz CT molecular complexity index is 2060. The maximum atomic E-state index is 14.8. The lowest BCUT2D eigenvalue weighted by Crippen LogP contribution is -2.37. The Hall–Kier alpha value is -0.740. The van der Waals surface area contributed by atoms with Crippen LogP contribution in [0.3, 0.4) is 0 Å². The predicted molar refractivity (Wildman–Crippen MR) is 278 cm³/mol. The van der Waals surface area contributed by atoms with Crippen LogP contribution in [0.15, 0.2) is 76.6 Å². The molecule has 2 aliphatic heterocycles. The Morgan fingerprint density at radius 1 is 0.909 bits per heavy atom. The lowest BCUT2D eigenvalue weighted by molar-refractivity contribution is -0.0344. The summed E-state index contributed by atoms with van der Waals surface area (Å²) in [6.07, 6.45) is 0.700. The Labute approximate surface area is 406 Å². The van der Waals surface area contributed by atoms with E-state index in [1.165, 1.54) is 0 Å². The quantitative estimate of drug-likeness (QED) is 0.0376. The molecule has 0 aliphatic carbocycles. The van der Waals surface area contributed by atoms with Crippen molar-refractivity contribution in [2.45, 2.75) is 190 Å². The van der Waals surface area contributed by atoms with Crippen LogP contribution >= 0.6 is 34.8 Å². The smallest absolute Gasteiger partial charge is 0.297 e. The largest absolute Gasteiger partial charge is 0.389 e. The van der Waals surface area contributed by atoms with E-state index >= 15 is 0 Å². The van der Waals surface area contributed by atoms with Gasteiger partial charge in [0.1, 0.15) is 4.90 Å². The van der Waals surface area contributed by atoms with Gasteiger partial charge in [-0.05, 0) is 109 Å². The molecule has 1 N–H and O–H groups in total. The highest BCUT2D eigenvalue weighted by Crippen LogP contribution is 2.55. The van der Waals surface area contributed by atoms with Crippen molar-refractivity contribution in [1.29, 1.82) is 0 Å². The number of sulfone groups is 1. The molecule has 0 amide bonds. The fourth-order valence-electron chi connectivity index (χ4n) is 9.36. The van der Waals surface area contributed by atoms with Gasteiger partial charge in [-0.2, -0.15) is 8.42 Å². The molecule has 13 atom stereocenters. The molecule has 2 aromatic carbocycles. The zero-order valence-electron chi connectivity index (χ0n) is 40.8. The SMILES string of the molecule is C=C1C[C@H](CCCOP)OC1CC[C@H](C[C@@H](C)C(=C)[C@H](O)CC1O[C@H](C[C@@H](CC)OP(P)P)[C@H](OC)[C@H]1CS(=O)(=O)c1ccccc1)OS(=O)(=O)c1c(C(C)C)cc(C(C)C)cc1C(C)C. The van der Waals surface area contributed by atoms with E-state index in [0.29, 0.717) is 31.4 Å². The summed E-state index contributed by atoms with van der Waals surface area (Å²) < 4.78 is 94.3. The van der Waals surface area contributed by atoms with Gasteiger partial charge in [0.05, 0.1) is 73.6 Å². The number of aliphatic hydroxyl groups excluding tert-OH is 1. The number of rotatable bonds is 28. The van der Waals surface area contributed by atoms with Crippen LogP contribution in [0.25, 0.3) is 0 Å². The average Bonchev–Trinajstić information content (AvgIpc) is 3.77. The lowest BCUT2D eigenvalue weighted by Gasteiger charge is -2.29. The molecular formula is C49H80O11P4S2. The normalized spacial score (nSPS) is 23.6. The molecule has 2 fully saturated rings. The molecule has 11 nitrogen and oxygen atoms in total. The summed E-state index contributed by atoms with van der Waals surface area (Å²) in [6.45, 7) is 25.5. The highest BCUT2D eigenvalue weighted by atomic mass is 32.4. The molecule has 0 saturated carbocycles. The van der Waals surface area contributed by atoms with Gasteiger partial charge in [0.15, 0.2) is 9.84 Å². The molecule has 2 saturated heterocycles. The van der Waals surface area contributed by atoms with Gasteiger partial charge in [0, 0.05) is 35.3 Å². The molecule has 4 rings (SSSR count). The maximum absolute atomic E-state index is 14.8. The summed E-state index contributed by atoms with van der Waals surface area (Å²) in [6, 6.07) is 12.4. The van der Waals surface area contributed by atoms with Gasteiger partial charge in [-0.25, -0.2) is 8.42 Å². The van der Waals surface area contributed by atoms with Gasteiger partial charge < -0.3 is 28.4 Å². The van der Waals surface area contributed by atoms with Crippen molar-refractivity contribution in [3.8, 4) is 0 Å². The Morgan fingerprint density at radius 3 is 2.09 bits per heavy atom. The molecular weight excluding hydrogens is 953 g/mol. The van der Waals surface area contributed by atoms with Crippen molar-refractivity contribution in [1.82, 2.24) is 0 Å². The monoisotopic (exact) mass is 1030 g/mol. The van der Waals surface area contributed by atoms with Crippen LogP contribution in [0.5, 0.6) is 0 Å². The van der Waals surface area contributed by atoms with Gasteiger partial charge in [-0.1, -0.05) is 117 Å². The lowest BCUT2D eigenvalue weighted by atomic mass is 9.86.